The number of nitrogens with zero attached hydrogens (tertiary/aromatic N) is 1. The van der Waals surface area contributed by atoms with Crippen molar-refractivity contribution in [3.8, 4) is 0 Å². The van der Waals surface area contributed by atoms with Crippen molar-refractivity contribution in [2.75, 3.05) is 0 Å². The Bertz CT molecular complexity index is 678. The van der Waals surface area contributed by atoms with Gasteiger partial charge in [0.25, 0.3) is 0 Å². The summed E-state index contributed by atoms with van der Waals surface area (Å²) in [5.74, 6) is -7.08. The Kier molecular flexibility index (Phi) is 2.77. The number of benzene rings is 1. The second-order valence-corrected chi connectivity index (χ2v) is 3.35. The number of aromatic amines is 1. The molecule has 0 aliphatic rings. The molecule has 2 rings (SSSR count). The maximum atomic E-state index is 13.5. The fourth-order valence-electron chi connectivity index (χ4n) is 1.53. The molecule has 2 aromatic rings. The molecule has 0 aliphatic carbocycles. The molecule has 0 bridgehead atoms. The predicted octanol–water partition coefficient (Wildman–Crippen LogP) is 2.97. The van der Waals surface area contributed by atoms with Crippen LogP contribution in [0.15, 0.2) is 12.4 Å². The quantitative estimate of drug-likeness (QED) is 0.296. The average Bonchev–Trinajstić information content (AvgIpc) is 2.75. The highest BCUT2D eigenvalue weighted by Gasteiger charge is 2.23. The largest absolute Gasteiger partial charge is 0.358 e. The van der Waals surface area contributed by atoms with Crippen molar-refractivity contribution in [2.45, 2.75) is 0 Å². The summed E-state index contributed by atoms with van der Waals surface area (Å²) < 4.78 is 52.7. The molecule has 94 valence electrons. The van der Waals surface area contributed by atoms with Gasteiger partial charge in [0.15, 0.2) is 23.3 Å². The SMILES string of the molecule is O=[N+]([O-])C=Cc1c[nH]c2c(F)c(F)c(F)c(F)c12. The first kappa shape index (κ1) is 12.1. The molecule has 1 aromatic heterocycles. The maximum Gasteiger partial charge on any atom is 0.235 e. The Morgan fingerprint density at radius 3 is 2.33 bits per heavy atom. The first-order valence-corrected chi connectivity index (χ1v) is 4.58. The van der Waals surface area contributed by atoms with Crippen molar-refractivity contribution < 1.29 is 22.5 Å². The van der Waals surface area contributed by atoms with E-state index >= 15 is 0 Å². The van der Waals surface area contributed by atoms with E-state index in [-0.39, 0.29) is 5.56 Å². The van der Waals surface area contributed by atoms with Crippen molar-refractivity contribution in [1.82, 2.24) is 4.98 Å². The van der Waals surface area contributed by atoms with E-state index in [9.17, 15) is 27.7 Å². The van der Waals surface area contributed by atoms with Gasteiger partial charge in [-0.15, -0.1) is 0 Å². The number of H-pyrrole nitrogens is 1. The number of rotatable bonds is 2. The molecule has 1 N–H and O–H groups in total. The van der Waals surface area contributed by atoms with E-state index in [0.717, 1.165) is 12.3 Å². The number of nitro groups is 1. The molecule has 0 unspecified atom stereocenters. The van der Waals surface area contributed by atoms with Crippen LogP contribution in [-0.4, -0.2) is 9.91 Å². The van der Waals surface area contributed by atoms with Crippen LogP contribution in [-0.2, 0) is 0 Å². The molecule has 1 aromatic carbocycles. The van der Waals surface area contributed by atoms with Crippen molar-refractivity contribution >= 4 is 17.0 Å². The first-order valence-electron chi connectivity index (χ1n) is 4.58. The topological polar surface area (TPSA) is 58.9 Å². The summed E-state index contributed by atoms with van der Waals surface area (Å²) in [6, 6.07) is 0. The van der Waals surface area contributed by atoms with E-state index in [1.165, 1.54) is 0 Å². The normalized spacial score (nSPS) is 11.6. The zero-order valence-electron chi connectivity index (χ0n) is 8.51. The van der Waals surface area contributed by atoms with Crippen molar-refractivity contribution in [3.05, 3.63) is 51.3 Å². The maximum absolute atomic E-state index is 13.5. The summed E-state index contributed by atoms with van der Waals surface area (Å²) in [4.78, 5) is 11.5. The minimum absolute atomic E-state index is 0.156. The van der Waals surface area contributed by atoms with Gasteiger partial charge in [-0.25, -0.2) is 17.6 Å². The van der Waals surface area contributed by atoms with Gasteiger partial charge in [0.1, 0.15) is 0 Å². The third-order valence-corrected chi connectivity index (χ3v) is 2.30. The summed E-state index contributed by atoms with van der Waals surface area (Å²) in [5.41, 5.74) is -0.744. The van der Waals surface area contributed by atoms with Gasteiger partial charge < -0.3 is 4.98 Å². The Labute approximate surface area is 96.7 Å². The van der Waals surface area contributed by atoms with Crippen LogP contribution in [0.4, 0.5) is 17.6 Å². The van der Waals surface area contributed by atoms with E-state index < -0.39 is 39.1 Å². The molecule has 0 atom stereocenters. The lowest BCUT2D eigenvalue weighted by molar-refractivity contribution is -0.400. The highest BCUT2D eigenvalue weighted by Crippen LogP contribution is 2.29. The highest BCUT2D eigenvalue weighted by molar-refractivity contribution is 5.89. The van der Waals surface area contributed by atoms with Gasteiger partial charge >= 0.3 is 0 Å². The lowest BCUT2D eigenvalue weighted by Gasteiger charge is -2.00. The number of halogens is 4. The van der Waals surface area contributed by atoms with Gasteiger partial charge in [0.2, 0.25) is 6.20 Å². The second-order valence-electron chi connectivity index (χ2n) is 3.35. The van der Waals surface area contributed by atoms with E-state index in [4.69, 9.17) is 0 Å². The van der Waals surface area contributed by atoms with Crippen LogP contribution in [0.3, 0.4) is 0 Å². The Balaban J connectivity index is 2.77. The molecule has 0 spiro atoms. The van der Waals surface area contributed by atoms with E-state index in [1.54, 1.807) is 0 Å². The van der Waals surface area contributed by atoms with Gasteiger partial charge in [-0.1, -0.05) is 0 Å². The third kappa shape index (κ3) is 1.71. The molecular weight excluding hydrogens is 256 g/mol. The summed E-state index contributed by atoms with van der Waals surface area (Å²) in [6.07, 6.45) is 2.33. The molecule has 0 fully saturated rings. The van der Waals surface area contributed by atoms with Crippen LogP contribution in [0.25, 0.3) is 17.0 Å². The summed E-state index contributed by atoms with van der Waals surface area (Å²) >= 11 is 0. The minimum Gasteiger partial charge on any atom is -0.358 e. The van der Waals surface area contributed by atoms with Crippen LogP contribution in [0.5, 0.6) is 0 Å². The molecule has 1 heterocycles. The molecule has 0 radical (unpaired) electrons. The Morgan fingerprint density at radius 2 is 1.72 bits per heavy atom. The second kappa shape index (κ2) is 4.13. The average molecular weight is 260 g/mol. The first-order chi connectivity index (χ1) is 8.43. The number of hydrogen-bond acceptors (Lipinski definition) is 2. The fourth-order valence-corrected chi connectivity index (χ4v) is 1.53. The molecule has 0 amide bonds. The van der Waals surface area contributed by atoms with E-state index in [0.29, 0.717) is 6.20 Å². The lowest BCUT2D eigenvalue weighted by atomic mass is 10.1. The van der Waals surface area contributed by atoms with Gasteiger partial charge in [0, 0.05) is 23.2 Å². The van der Waals surface area contributed by atoms with Crippen LogP contribution in [0.2, 0.25) is 0 Å². The van der Waals surface area contributed by atoms with E-state index in [2.05, 4.69) is 4.98 Å². The summed E-state index contributed by atoms with van der Waals surface area (Å²) in [6.45, 7) is 0. The Morgan fingerprint density at radius 1 is 1.11 bits per heavy atom. The number of aromatic nitrogens is 1. The molecule has 18 heavy (non-hydrogen) atoms. The zero-order chi connectivity index (χ0) is 13.4. The van der Waals surface area contributed by atoms with Crippen LogP contribution in [0.1, 0.15) is 5.56 Å². The molecule has 4 nitrogen and oxygen atoms in total. The standard InChI is InChI=1S/C10H4F4N2O2/c11-6-5-4(1-2-16(17)18)3-15-10(5)9(14)8(13)7(6)12/h1-3,15H. The smallest absolute Gasteiger partial charge is 0.235 e. The lowest BCUT2D eigenvalue weighted by Crippen LogP contribution is -1.97. The van der Waals surface area contributed by atoms with Crippen LogP contribution < -0.4 is 0 Å². The van der Waals surface area contributed by atoms with Crippen LogP contribution in [0, 0.1) is 33.4 Å². The van der Waals surface area contributed by atoms with E-state index in [1.807, 2.05) is 0 Å². The molecule has 8 heteroatoms. The molecule has 0 saturated carbocycles. The van der Waals surface area contributed by atoms with Gasteiger partial charge in [-0.05, 0) is 0 Å². The molecule has 0 aliphatic heterocycles. The van der Waals surface area contributed by atoms with Gasteiger partial charge in [-0.2, -0.15) is 0 Å². The predicted molar refractivity (Wildman–Crippen MR) is 54.2 cm³/mol. The zero-order valence-corrected chi connectivity index (χ0v) is 8.51. The van der Waals surface area contributed by atoms with Gasteiger partial charge in [0.05, 0.1) is 10.4 Å². The minimum atomic E-state index is -1.96. The van der Waals surface area contributed by atoms with Crippen molar-refractivity contribution in [3.63, 3.8) is 0 Å². The van der Waals surface area contributed by atoms with Gasteiger partial charge in [-0.3, -0.25) is 10.1 Å². The van der Waals surface area contributed by atoms with Crippen LogP contribution >= 0.6 is 0 Å². The number of fused-ring (bicyclic) bond motifs is 1. The number of hydrogen-bond donors (Lipinski definition) is 1. The highest BCUT2D eigenvalue weighted by atomic mass is 19.2. The Hall–Kier alpha value is -2.38. The number of nitrogens with one attached hydrogen (secondary N) is 1. The summed E-state index contributed by atoms with van der Waals surface area (Å²) in [5, 5.41) is 9.53. The fraction of sp³-hybridized carbons (Fsp3) is 0. The van der Waals surface area contributed by atoms with Crippen molar-refractivity contribution in [1.29, 1.82) is 0 Å². The molecule has 0 saturated heterocycles. The summed E-state index contributed by atoms with van der Waals surface area (Å²) in [7, 11) is 0. The molecular formula is C10H4F4N2O2. The third-order valence-electron chi connectivity index (χ3n) is 2.30. The monoisotopic (exact) mass is 260 g/mol. The van der Waals surface area contributed by atoms with Crippen molar-refractivity contribution in [2.24, 2.45) is 0 Å².